The van der Waals surface area contributed by atoms with E-state index in [4.69, 9.17) is 4.74 Å². The number of nitrogens with zero attached hydrogens (tertiary/aromatic N) is 5. The fourth-order valence-corrected chi connectivity index (χ4v) is 3.82. The van der Waals surface area contributed by atoms with Crippen molar-refractivity contribution in [2.45, 2.75) is 39.3 Å². The van der Waals surface area contributed by atoms with E-state index in [0.717, 1.165) is 41.9 Å². The zero-order valence-electron chi connectivity index (χ0n) is 14.2. The van der Waals surface area contributed by atoms with Crippen LogP contribution in [0.15, 0.2) is 42.2 Å². The number of hydrogen-bond donors (Lipinski definition) is 0. The molecule has 1 unspecified atom stereocenters. The number of aromatic nitrogens is 4. The molecular weight excluding hydrogens is 334 g/mol. The molecule has 0 saturated heterocycles. The quantitative estimate of drug-likeness (QED) is 0.680. The van der Waals surface area contributed by atoms with Crippen molar-refractivity contribution in [3.63, 3.8) is 0 Å². The molecule has 0 amide bonds. The summed E-state index contributed by atoms with van der Waals surface area (Å²) in [7, 11) is 0. The molecule has 4 rings (SSSR count). The second kappa shape index (κ2) is 7.43. The Balaban J connectivity index is 1.39. The Morgan fingerprint density at radius 2 is 2.12 bits per heavy atom. The highest BCUT2D eigenvalue weighted by Crippen LogP contribution is 2.27. The molecule has 1 aliphatic heterocycles. The van der Waals surface area contributed by atoms with E-state index in [9.17, 15) is 0 Å². The maximum Gasteiger partial charge on any atom is 0.126 e. The molecule has 0 aliphatic carbocycles. The van der Waals surface area contributed by atoms with Gasteiger partial charge in [-0.25, -0.2) is 9.97 Å². The standard InChI is InChI=1S/C18H21N5OS/c1-14-18-21-10-16(13-24-12-15-4-2-3-5-19-15)23(18)8-7-22(14)11-17-20-6-9-25-17/h2-6,9-10,14H,7-8,11-13H2,1H3. The van der Waals surface area contributed by atoms with Crippen molar-refractivity contribution in [3.05, 3.63) is 64.4 Å². The fourth-order valence-electron chi connectivity index (χ4n) is 3.18. The molecule has 6 nitrogen and oxygen atoms in total. The molecule has 0 aromatic carbocycles. The maximum atomic E-state index is 5.83. The lowest BCUT2D eigenvalue weighted by atomic mass is 10.2. The van der Waals surface area contributed by atoms with Crippen molar-refractivity contribution >= 4 is 11.3 Å². The fraction of sp³-hybridized carbons (Fsp3) is 0.389. The van der Waals surface area contributed by atoms with Crippen molar-refractivity contribution < 1.29 is 4.74 Å². The molecular formula is C18H21N5OS. The van der Waals surface area contributed by atoms with Crippen molar-refractivity contribution in [2.24, 2.45) is 0 Å². The molecule has 1 atom stereocenters. The monoisotopic (exact) mass is 355 g/mol. The summed E-state index contributed by atoms with van der Waals surface area (Å²) in [5.41, 5.74) is 2.08. The zero-order chi connectivity index (χ0) is 17.1. The first-order valence-corrected chi connectivity index (χ1v) is 9.33. The van der Waals surface area contributed by atoms with Crippen LogP contribution in [0, 0.1) is 0 Å². The van der Waals surface area contributed by atoms with Crippen LogP contribution in [0.3, 0.4) is 0 Å². The number of pyridine rings is 1. The van der Waals surface area contributed by atoms with Gasteiger partial charge in [0.2, 0.25) is 0 Å². The first kappa shape index (κ1) is 16.4. The summed E-state index contributed by atoms with van der Waals surface area (Å²) in [6.45, 7) is 6.11. The van der Waals surface area contributed by atoms with Gasteiger partial charge in [-0.2, -0.15) is 0 Å². The van der Waals surface area contributed by atoms with Crippen LogP contribution >= 0.6 is 11.3 Å². The first-order chi connectivity index (χ1) is 12.3. The van der Waals surface area contributed by atoms with Crippen LogP contribution in [0.5, 0.6) is 0 Å². The van der Waals surface area contributed by atoms with Gasteiger partial charge in [0.25, 0.3) is 0 Å². The van der Waals surface area contributed by atoms with Gasteiger partial charge in [-0.3, -0.25) is 9.88 Å². The van der Waals surface area contributed by atoms with Gasteiger partial charge in [-0.15, -0.1) is 11.3 Å². The molecule has 0 radical (unpaired) electrons. The van der Waals surface area contributed by atoms with Gasteiger partial charge in [0.15, 0.2) is 0 Å². The van der Waals surface area contributed by atoms with Crippen LogP contribution in [-0.2, 0) is 31.0 Å². The Hall–Kier alpha value is -2.09. The van der Waals surface area contributed by atoms with E-state index in [1.165, 1.54) is 0 Å². The van der Waals surface area contributed by atoms with E-state index >= 15 is 0 Å². The van der Waals surface area contributed by atoms with E-state index in [0.29, 0.717) is 13.2 Å². The summed E-state index contributed by atoms with van der Waals surface area (Å²) in [5, 5.41) is 3.19. The van der Waals surface area contributed by atoms with Gasteiger partial charge in [0, 0.05) is 30.9 Å². The third-order valence-corrected chi connectivity index (χ3v) is 5.31. The van der Waals surface area contributed by atoms with E-state index in [1.807, 2.05) is 36.0 Å². The molecule has 25 heavy (non-hydrogen) atoms. The highest BCUT2D eigenvalue weighted by molar-refractivity contribution is 7.09. The van der Waals surface area contributed by atoms with Crippen LogP contribution in [0.4, 0.5) is 0 Å². The number of hydrogen-bond acceptors (Lipinski definition) is 6. The molecule has 0 saturated carbocycles. The Morgan fingerprint density at radius 3 is 2.92 bits per heavy atom. The summed E-state index contributed by atoms with van der Waals surface area (Å²) in [6.07, 6.45) is 5.60. The normalized spacial score (nSPS) is 17.6. The predicted octanol–water partition coefficient (Wildman–Crippen LogP) is 3.03. The lowest BCUT2D eigenvalue weighted by Crippen LogP contribution is -2.37. The van der Waals surface area contributed by atoms with Crippen LogP contribution in [-0.4, -0.2) is 31.0 Å². The SMILES string of the molecule is CC1c2ncc(COCc3ccccn3)n2CCN1Cc1nccs1. The van der Waals surface area contributed by atoms with Crippen LogP contribution in [0.2, 0.25) is 0 Å². The average Bonchev–Trinajstić information content (AvgIpc) is 3.29. The molecule has 0 fully saturated rings. The first-order valence-electron chi connectivity index (χ1n) is 8.45. The Kier molecular flexibility index (Phi) is 4.87. The largest absolute Gasteiger partial charge is 0.369 e. The molecule has 7 heteroatoms. The van der Waals surface area contributed by atoms with Gasteiger partial charge in [0.1, 0.15) is 10.8 Å². The number of rotatable bonds is 6. The summed E-state index contributed by atoms with van der Waals surface area (Å²) in [5.74, 6) is 1.11. The van der Waals surface area contributed by atoms with Gasteiger partial charge in [0.05, 0.1) is 43.4 Å². The Morgan fingerprint density at radius 1 is 1.16 bits per heavy atom. The topological polar surface area (TPSA) is 56.1 Å². The number of imidazole rings is 1. The number of thiazole rings is 1. The zero-order valence-corrected chi connectivity index (χ0v) is 15.0. The van der Waals surface area contributed by atoms with Gasteiger partial charge in [-0.1, -0.05) is 6.07 Å². The Labute approximate surface area is 151 Å². The smallest absolute Gasteiger partial charge is 0.126 e. The van der Waals surface area contributed by atoms with Gasteiger partial charge >= 0.3 is 0 Å². The Bertz CT molecular complexity index is 802. The van der Waals surface area contributed by atoms with E-state index in [2.05, 4.69) is 31.3 Å². The van der Waals surface area contributed by atoms with Crippen LogP contribution in [0.1, 0.15) is 35.2 Å². The van der Waals surface area contributed by atoms with E-state index < -0.39 is 0 Å². The van der Waals surface area contributed by atoms with E-state index in [-0.39, 0.29) is 6.04 Å². The predicted molar refractivity (Wildman–Crippen MR) is 95.9 cm³/mol. The lowest BCUT2D eigenvalue weighted by Gasteiger charge is -2.33. The number of fused-ring (bicyclic) bond motifs is 1. The molecule has 130 valence electrons. The molecule has 0 spiro atoms. The summed E-state index contributed by atoms with van der Waals surface area (Å²) >= 11 is 1.71. The summed E-state index contributed by atoms with van der Waals surface area (Å²) in [6, 6.07) is 6.15. The average molecular weight is 355 g/mol. The molecule has 0 N–H and O–H groups in total. The molecule has 0 bridgehead atoms. The minimum Gasteiger partial charge on any atom is -0.369 e. The summed E-state index contributed by atoms with van der Waals surface area (Å²) in [4.78, 5) is 15.8. The second-order valence-corrected chi connectivity index (χ2v) is 7.12. The van der Waals surface area contributed by atoms with Crippen molar-refractivity contribution in [2.75, 3.05) is 6.54 Å². The van der Waals surface area contributed by atoms with Crippen molar-refractivity contribution in [1.29, 1.82) is 0 Å². The second-order valence-electron chi connectivity index (χ2n) is 6.15. The van der Waals surface area contributed by atoms with Gasteiger partial charge in [-0.05, 0) is 19.1 Å². The third kappa shape index (κ3) is 3.63. The molecule has 3 aromatic rings. The minimum atomic E-state index is 0.280. The minimum absolute atomic E-state index is 0.280. The number of ether oxygens (including phenoxy) is 1. The van der Waals surface area contributed by atoms with E-state index in [1.54, 1.807) is 17.5 Å². The molecule has 3 aromatic heterocycles. The van der Waals surface area contributed by atoms with Crippen molar-refractivity contribution in [3.8, 4) is 0 Å². The van der Waals surface area contributed by atoms with Crippen molar-refractivity contribution in [1.82, 2.24) is 24.4 Å². The lowest BCUT2D eigenvalue weighted by molar-refractivity contribution is 0.0948. The highest BCUT2D eigenvalue weighted by Gasteiger charge is 2.27. The molecule has 4 heterocycles. The third-order valence-electron chi connectivity index (χ3n) is 4.55. The highest BCUT2D eigenvalue weighted by atomic mass is 32.1. The van der Waals surface area contributed by atoms with Crippen LogP contribution in [0.25, 0.3) is 0 Å². The maximum absolute atomic E-state index is 5.83. The summed E-state index contributed by atoms with van der Waals surface area (Å²) < 4.78 is 8.13. The van der Waals surface area contributed by atoms with Gasteiger partial charge < -0.3 is 9.30 Å². The molecule has 1 aliphatic rings. The van der Waals surface area contributed by atoms with Crippen LogP contribution < -0.4 is 0 Å².